The molecule has 0 amide bonds. The minimum absolute atomic E-state index is 0.130. The van der Waals surface area contributed by atoms with Gasteiger partial charge in [-0.3, -0.25) is 0 Å². The first kappa shape index (κ1) is 19.7. The number of benzene rings is 6. The molecule has 1 atom stereocenters. The summed E-state index contributed by atoms with van der Waals surface area (Å²) in [4.78, 5) is 0. The van der Waals surface area contributed by atoms with E-state index in [-0.39, 0.29) is 17.2 Å². The largest absolute Gasteiger partial charge is 0.508 e. The van der Waals surface area contributed by atoms with Crippen LogP contribution in [0.3, 0.4) is 0 Å². The topological polar surface area (TPSA) is 69.9 Å². The molecular weight excluding hydrogens is 436 g/mol. The van der Waals surface area contributed by atoms with Gasteiger partial charge in [-0.1, -0.05) is 54.6 Å². The van der Waals surface area contributed by atoms with Crippen LogP contribution in [-0.2, 0) is 0 Å². The molecular formula is C31H20O4. The third-order valence-electron chi connectivity index (χ3n) is 7.05. The molecule has 35 heavy (non-hydrogen) atoms. The fourth-order valence-electron chi connectivity index (χ4n) is 5.53. The van der Waals surface area contributed by atoms with E-state index in [0.717, 1.165) is 49.2 Å². The van der Waals surface area contributed by atoms with Crippen LogP contribution >= 0.6 is 0 Å². The molecule has 1 heterocycles. The Morgan fingerprint density at radius 2 is 1.00 bits per heavy atom. The maximum atomic E-state index is 11.3. The minimum atomic E-state index is -0.407. The smallest absolute Gasteiger partial charge is 0.132 e. The molecule has 6 aromatic rings. The van der Waals surface area contributed by atoms with Crippen molar-refractivity contribution in [2.24, 2.45) is 0 Å². The summed E-state index contributed by atoms with van der Waals surface area (Å²) in [6, 6.07) is 30.1. The molecule has 1 unspecified atom stereocenters. The zero-order chi connectivity index (χ0) is 23.7. The summed E-state index contributed by atoms with van der Waals surface area (Å²) in [7, 11) is 0. The predicted octanol–water partition coefficient (Wildman–Crippen LogP) is 7.55. The number of hydrogen-bond donors (Lipinski definition) is 3. The maximum Gasteiger partial charge on any atom is 0.132 e. The highest BCUT2D eigenvalue weighted by Crippen LogP contribution is 2.55. The van der Waals surface area contributed by atoms with Crippen LogP contribution in [0.25, 0.3) is 32.3 Å². The van der Waals surface area contributed by atoms with Crippen LogP contribution in [0.4, 0.5) is 0 Å². The zero-order valence-electron chi connectivity index (χ0n) is 18.6. The Morgan fingerprint density at radius 1 is 0.486 bits per heavy atom. The first-order valence-electron chi connectivity index (χ1n) is 11.5. The average molecular weight is 456 g/mol. The number of fused-ring (bicyclic) bond motifs is 7. The van der Waals surface area contributed by atoms with E-state index in [1.54, 1.807) is 30.3 Å². The summed E-state index contributed by atoms with van der Waals surface area (Å²) in [5, 5.41) is 37.7. The number of ether oxygens (including phenoxy) is 1. The number of hydrogen-bond acceptors (Lipinski definition) is 4. The van der Waals surface area contributed by atoms with Crippen molar-refractivity contribution in [3.8, 4) is 28.7 Å². The van der Waals surface area contributed by atoms with Crippen LogP contribution < -0.4 is 4.74 Å². The quantitative estimate of drug-likeness (QED) is 0.239. The van der Waals surface area contributed by atoms with Gasteiger partial charge in [0, 0.05) is 22.6 Å². The molecule has 6 aromatic carbocycles. The second-order valence-electron chi connectivity index (χ2n) is 9.02. The highest BCUT2D eigenvalue weighted by Gasteiger charge is 2.34. The molecule has 0 saturated carbocycles. The number of aromatic hydroxyl groups is 3. The van der Waals surface area contributed by atoms with Crippen molar-refractivity contribution < 1.29 is 20.1 Å². The molecule has 0 bridgehead atoms. The Balaban J connectivity index is 1.70. The molecule has 0 fully saturated rings. The van der Waals surface area contributed by atoms with Crippen LogP contribution in [0.1, 0.15) is 22.6 Å². The van der Waals surface area contributed by atoms with Crippen molar-refractivity contribution in [1.29, 1.82) is 0 Å². The fourth-order valence-corrected chi connectivity index (χ4v) is 5.53. The van der Waals surface area contributed by atoms with Crippen molar-refractivity contribution in [2.75, 3.05) is 0 Å². The lowest BCUT2D eigenvalue weighted by atomic mass is 9.76. The molecule has 1 aliphatic heterocycles. The van der Waals surface area contributed by atoms with E-state index >= 15 is 0 Å². The Morgan fingerprint density at radius 3 is 1.69 bits per heavy atom. The molecule has 4 heteroatoms. The van der Waals surface area contributed by atoms with Gasteiger partial charge in [0.25, 0.3) is 0 Å². The van der Waals surface area contributed by atoms with E-state index in [1.165, 1.54) is 0 Å². The van der Waals surface area contributed by atoms with Crippen LogP contribution in [0.2, 0.25) is 0 Å². The molecule has 1 aliphatic rings. The molecule has 0 aromatic heterocycles. The van der Waals surface area contributed by atoms with Crippen LogP contribution in [-0.4, -0.2) is 15.3 Å². The molecule has 168 valence electrons. The first-order chi connectivity index (χ1) is 17.1. The standard InChI is InChI=1S/C31H20O4/c32-20-10-5-18-7-12-25(34)28(23(18)15-20)31-29-22-4-2-1-3-17(22)8-13-26(29)35-27-14-9-19-6-11-21(33)16-24(19)30(27)31/h1-16,31-34H. The van der Waals surface area contributed by atoms with Crippen LogP contribution in [0.5, 0.6) is 28.7 Å². The van der Waals surface area contributed by atoms with Crippen molar-refractivity contribution in [3.05, 3.63) is 114 Å². The molecule has 0 aliphatic carbocycles. The number of phenolic OH excluding ortho intramolecular Hbond substituents is 3. The Bertz CT molecular complexity index is 1760. The lowest BCUT2D eigenvalue weighted by Gasteiger charge is -2.32. The second-order valence-corrected chi connectivity index (χ2v) is 9.02. The van der Waals surface area contributed by atoms with Gasteiger partial charge < -0.3 is 20.1 Å². The Labute approximate surface area is 200 Å². The second kappa shape index (κ2) is 7.15. The molecule has 7 rings (SSSR count). The normalized spacial score (nSPS) is 14.6. The SMILES string of the molecule is Oc1ccc2ccc(O)c(C3c4c(ccc5ccccc45)Oc4ccc5ccc(O)cc5c43)c2c1. The van der Waals surface area contributed by atoms with Crippen molar-refractivity contribution in [3.63, 3.8) is 0 Å². The van der Waals surface area contributed by atoms with Crippen molar-refractivity contribution >= 4 is 32.3 Å². The molecule has 0 spiro atoms. The zero-order valence-corrected chi connectivity index (χ0v) is 18.6. The summed E-state index contributed by atoms with van der Waals surface area (Å²) < 4.78 is 6.45. The van der Waals surface area contributed by atoms with Gasteiger partial charge in [0.1, 0.15) is 28.7 Å². The number of phenols is 3. The predicted molar refractivity (Wildman–Crippen MR) is 138 cm³/mol. The van der Waals surface area contributed by atoms with E-state index < -0.39 is 5.92 Å². The van der Waals surface area contributed by atoms with Crippen molar-refractivity contribution in [2.45, 2.75) is 5.92 Å². The van der Waals surface area contributed by atoms with Gasteiger partial charge >= 0.3 is 0 Å². The van der Waals surface area contributed by atoms with Gasteiger partial charge in [-0.2, -0.15) is 0 Å². The number of rotatable bonds is 1. The fraction of sp³-hybridized carbons (Fsp3) is 0.0323. The summed E-state index contributed by atoms with van der Waals surface area (Å²) >= 11 is 0. The Hall–Kier alpha value is -4.70. The van der Waals surface area contributed by atoms with E-state index in [9.17, 15) is 15.3 Å². The van der Waals surface area contributed by atoms with Gasteiger partial charge in [0.2, 0.25) is 0 Å². The van der Waals surface area contributed by atoms with Gasteiger partial charge in [0.05, 0.1) is 0 Å². The molecule has 3 N–H and O–H groups in total. The van der Waals surface area contributed by atoms with Gasteiger partial charge in [-0.25, -0.2) is 0 Å². The molecule has 4 nitrogen and oxygen atoms in total. The minimum Gasteiger partial charge on any atom is -0.508 e. The molecule has 0 radical (unpaired) electrons. The van der Waals surface area contributed by atoms with E-state index in [1.807, 2.05) is 54.6 Å². The van der Waals surface area contributed by atoms with Gasteiger partial charge in [-0.05, 0) is 74.8 Å². The lowest BCUT2D eigenvalue weighted by Crippen LogP contribution is -2.13. The lowest BCUT2D eigenvalue weighted by molar-refractivity contribution is 0.447. The third-order valence-corrected chi connectivity index (χ3v) is 7.05. The van der Waals surface area contributed by atoms with Gasteiger partial charge in [0.15, 0.2) is 0 Å². The average Bonchev–Trinajstić information content (AvgIpc) is 2.87. The van der Waals surface area contributed by atoms with E-state index in [4.69, 9.17) is 4.74 Å². The highest BCUT2D eigenvalue weighted by molar-refractivity contribution is 5.98. The molecule has 0 saturated heterocycles. The van der Waals surface area contributed by atoms with E-state index in [0.29, 0.717) is 11.3 Å². The third kappa shape index (κ3) is 2.87. The van der Waals surface area contributed by atoms with Crippen LogP contribution in [0, 0.1) is 0 Å². The maximum absolute atomic E-state index is 11.3. The van der Waals surface area contributed by atoms with Gasteiger partial charge in [-0.15, -0.1) is 0 Å². The first-order valence-corrected chi connectivity index (χ1v) is 11.5. The summed E-state index contributed by atoms with van der Waals surface area (Å²) in [5.41, 5.74) is 2.50. The summed E-state index contributed by atoms with van der Waals surface area (Å²) in [6.45, 7) is 0. The highest BCUT2D eigenvalue weighted by atomic mass is 16.5. The van der Waals surface area contributed by atoms with Crippen molar-refractivity contribution in [1.82, 2.24) is 0 Å². The Kier molecular flexibility index (Phi) is 4.03. The van der Waals surface area contributed by atoms with E-state index in [2.05, 4.69) is 12.1 Å². The summed E-state index contributed by atoms with van der Waals surface area (Å²) in [5.74, 6) is 1.41. The summed E-state index contributed by atoms with van der Waals surface area (Å²) in [6.07, 6.45) is 0. The van der Waals surface area contributed by atoms with Crippen LogP contribution in [0.15, 0.2) is 97.1 Å². The monoisotopic (exact) mass is 456 g/mol.